The van der Waals surface area contributed by atoms with Gasteiger partial charge >= 0.3 is 21.6 Å². The maximum absolute atomic E-state index is 14.3. The number of ether oxygens (including phenoxy) is 7. The summed E-state index contributed by atoms with van der Waals surface area (Å²) < 4.78 is 79.7. The number of ketones is 2. The molecule has 2 heterocycles. The van der Waals surface area contributed by atoms with Crippen molar-refractivity contribution < 1.29 is 105 Å². The fourth-order valence-corrected chi connectivity index (χ4v) is 13.7. The van der Waals surface area contributed by atoms with E-state index < -0.39 is 133 Å². The van der Waals surface area contributed by atoms with Crippen LogP contribution in [0.3, 0.4) is 0 Å². The number of aliphatic hydroxyl groups excluding tert-OH is 2. The summed E-state index contributed by atoms with van der Waals surface area (Å²) in [6, 6.07) is -3.26. The van der Waals surface area contributed by atoms with Crippen LogP contribution >= 0.6 is 15.6 Å². The molecular formula is C73H136N2O22P2. The number of allylic oxidation sites excluding steroid dienone is 2. The predicted molar refractivity (Wildman–Crippen MR) is 381 cm³/mol. The number of methoxy groups -OCH3 is 1. The van der Waals surface area contributed by atoms with E-state index in [1.54, 1.807) is 0 Å². The summed E-state index contributed by atoms with van der Waals surface area (Å²) in [5.41, 5.74) is 0. The Morgan fingerprint density at radius 1 is 0.455 bits per heavy atom. The molecule has 0 aliphatic carbocycles. The number of nitrogens with one attached hydrogen (secondary N) is 2. The van der Waals surface area contributed by atoms with E-state index in [0.29, 0.717) is 38.5 Å². The summed E-state index contributed by atoms with van der Waals surface area (Å²) in [7, 11) is -9.64. The van der Waals surface area contributed by atoms with E-state index in [1.165, 1.54) is 45.6 Å². The molecule has 0 radical (unpaired) electrons. The molecule has 24 nitrogen and oxygen atoms in total. The summed E-state index contributed by atoms with van der Waals surface area (Å²) in [4.78, 5) is 110. The third kappa shape index (κ3) is 46.1. The minimum absolute atomic E-state index is 0.0549. The number of carbonyl (C=O) groups excluding carboxylic acids is 5. The summed E-state index contributed by atoms with van der Waals surface area (Å²) in [6.07, 6.45) is 23.8. The van der Waals surface area contributed by atoms with Gasteiger partial charge in [-0.05, 0) is 64.2 Å². The molecule has 580 valence electrons. The van der Waals surface area contributed by atoms with Gasteiger partial charge in [0, 0.05) is 39.4 Å². The van der Waals surface area contributed by atoms with E-state index in [4.69, 9.17) is 42.2 Å². The second-order valence-electron chi connectivity index (χ2n) is 27.4. The Bertz CT molecular complexity index is 2220. The Morgan fingerprint density at radius 3 is 1.37 bits per heavy atom. The maximum Gasteiger partial charge on any atom is 0.472 e. The fourth-order valence-electron chi connectivity index (χ4n) is 12.7. The van der Waals surface area contributed by atoms with Crippen molar-refractivity contribution in [1.82, 2.24) is 10.6 Å². The molecule has 99 heavy (non-hydrogen) atoms. The molecule has 26 heteroatoms. The van der Waals surface area contributed by atoms with Crippen molar-refractivity contribution in [2.75, 3.05) is 33.5 Å². The zero-order chi connectivity index (χ0) is 72.9. The van der Waals surface area contributed by atoms with E-state index in [0.717, 1.165) is 161 Å². The topological polar surface area (TPSA) is 348 Å². The van der Waals surface area contributed by atoms with E-state index in [1.807, 2.05) is 0 Å². The molecule has 2 aliphatic rings. The number of Topliss-reactive ketones (excluding diaryl/α,β-unsaturated/α-hetero) is 2. The normalized spacial score (nSPS) is 22.0. The molecular weight excluding hydrogens is 1320 g/mol. The second kappa shape index (κ2) is 57.7. The molecule has 0 bridgehead atoms. The first kappa shape index (κ1) is 92.5. The minimum atomic E-state index is -5.51. The molecule has 8 N–H and O–H groups in total. The van der Waals surface area contributed by atoms with Gasteiger partial charge in [0.05, 0.1) is 38.8 Å². The highest BCUT2D eigenvalue weighted by molar-refractivity contribution is 7.46. The van der Waals surface area contributed by atoms with Crippen molar-refractivity contribution in [3.8, 4) is 0 Å². The number of phosphoric acid groups is 2. The molecule has 12 atom stereocenters. The first-order valence-electron chi connectivity index (χ1n) is 38.5. The van der Waals surface area contributed by atoms with Gasteiger partial charge in [0.15, 0.2) is 12.6 Å². The van der Waals surface area contributed by atoms with Gasteiger partial charge in [0.25, 0.3) is 0 Å². The average molecular weight is 1460 g/mol. The van der Waals surface area contributed by atoms with Crippen LogP contribution in [-0.2, 0) is 75.3 Å². The molecule has 0 aromatic carbocycles. The van der Waals surface area contributed by atoms with Crippen molar-refractivity contribution in [3.05, 3.63) is 12.2 Å². The van der Waals surface area contributed by atoms with Gasteiger partial charge in [0.2, 0.25) is 11.8 Å². The van der Waals surface area contributed by atoms with Gasteiger partial charge in [-0.3, -0.25) is 33.0 Å². The number of unbranched alkanes of at least 4 members (excludes halogenated alkanes) is 29. The van der Waals surface area contributed by atoms with E-state index in [2.05, 4.69) is 57.4 Å². The summed E-state index contributed by atoms with van der Waals surface area (Å²) in [5, 5.41) is 28.7. The lowest BCUT2D eigenvalue weighted by atomic mass is 9.95. The Hall–Kier alpha value is -2.61. The number of phosphoric ester groups is 2. The number of esters is 1. The monoisotopic (exact) mass is 1450 g/mol. The van der Waals surface area contributed by atoms with Gasteiger partial charge in [-0.25, -0.2) is 9.13 Å². The Labute approximate surface area is 594 Å². The van der Waals surface area contributed by atoms with Crippen molar-refractivity contribution in [3.63, 3.8) is 0 Å². The molecule has 0 aromatic rings. The fraction of sp³-hybridized carbons (Fsp3) is 0.904. The van der Waals surface area contributed by atoms with Crippen molar-refractivity contribution in [2.45, 2.75) is 391 Å². The van der Waals surface area contributed by atoms with Crippen LogP contribution in [0.1, 0.15) is 317 Å². The van der Waals surface area contributed by atoms with Gasteiger partial charge in [-0.2, -0.15) is 0 Å². The Balaban J connectivity index is 2.63. The third-order valence-electron chi connectivity index (χ3n) is 18.3. The lowest BCUT2D eigenvalue weighted by Gasteiger charge is -2.47. The van der Waals surface area contributed by atoms with Crippen LogP contribution < -0.4 is 10.6 Å². The number of carbonyl (C=O) groups is 5. The molecule has 2 saturated heterocycles. The molecule has 2 rings (SSSR count). The van der Waals surface area contributed by atoms with Gasteiger partial charge in [-0.15, -0.1) is 0 Å². The van der Waals surface area contributed by atoms with E-state index in [9.17, 15) is 62.9 Å². The van der Waals surface area contributed by atoms with Crippen molar-refractivity contribution in [2.24, 2.45) is 0 Å². The number of hydrogen-bond donors (Lipinski definition) is 8. The minimum Gasteiger partial charge on any atom is -0.462 e. The second-order valence-corrected chi connectivity index (χ2v) is 29.8. The molecule has 2 aliphatic heterocycles. The average Bonchev–Trinajstić information content (AvgIpc) is 0.789. The zero-order valence-electron chi connectivity index (χ0n) is 61.6. The van der Waals surface area contributed by atoms with Crippen molar-refractivity contribution >= 4 is 45.0 Å². The van der Waals surface area contributed by atoms with Crippen LogP contribution in [-0.4, -0.2) is 166 Å². The number of aliphatic hydroxyl groups is 2. The van der Waals surface area contributed by atoms with Gasteiger partial charge < -0.3 is 73.6 Å². The van der Waals surface area contributed by atoms with E-state index >= 15 is 0 Å². The third-order valence-corrected chi connectivity index (χ3v) is 19.3. The Kier molecular flexibility index (Phi) is 53.9. The van der Waals surface area contributed by atoms with Gasteiger partial charge in [-0.1, -0.05) is 227 Å². The van der Waals surface area contributed by atoms with Crippen LogP contribution in [0.25, 0.3) is 0 Å². The van der Waals surface area contributed by atoms with Crippen LogP contribution in [0.15, 0.2) is 12.2 Å². The highest BCUT2D eigenvalue weighted by atomic mass is 31.2. The Morgan fingerprint density at radius 2 is 0.879 bits per heavy atom. The SMILES string of the molecule is CCCCCC/C=C\CCCC(=O)O[C@H](CCCCCCC)CCO[C@@H]1[C@@H](NC(=O)CC(=O)CCCCCCCCCCC)[C@H](OC[C@H]2O[C@H](OP(=O)(O)O)[C@H](NC(=O)CC(=O)CCCCCCCCCCC)[C@@H](OCC[C@H](O)CCCCCCC)[C@@H]2O)O[C@H](COC)[C@H]1OP(=O)(O)O. The molecule has 2 amide bonds. The summed E-state index contributed by atoms with van der Waals surface area (Å²) in [5.74, 6) is -2.85. The molecule has 0 unspecified atom stereocenters. The van der Waals surface area contributed by atoms with Gasteiger partial charge in [0.1, 0.15) is 66.4 Å². The quantitative estimate of drug-likeness (QED) is 0.00922. The van der Waals surface area contributed by atoms with Crippen LogP contribution in [0.2, 0.25) is 0 Å². The lowest BCUT2D eigenvalue weighted by molar-refractivity contribution is -0.301. The largest absolute Gasteiger partial charge is 0.472 e. The number of hydrogen-bond acceptors (Lipinski definition) is 18. The molecule has 0 aromatic heterocycles. The van der Waals surface area contributed by atoms with E-state index in [-0.39, 0.29) is 56.9 Å². The first-order chi connectivity index (χ1) is 47.6. The lowest BCUT2D eigenvalue weighted by Crippen LogP contribution is -2.67. The molecule has 0 spiro atoms. The number of rotatable bonds is 65. The smallest absolute Gasteiger partial charge is 0.462 e. The summed E-state index contributed by atoms with van der Waals surface area (Å²) >= 11 is 0. The first-order valence-corrected chi connectivity index (χ1v) is 41.6. The standard InChI is InChI=1S/C73H136N2O22P2/c1-7-12-17-22-25-28-31-36-40-45-58(77)53-63(79)74-66-70(90-51-49-57(76)44-39-34-20-15-10-4)68(82)61(94-73(66)97-99(86,87)88)56-92-72-67(75-64(80)54-59(78)46-41-37-32-29-26-23-18-13-8-2)71(69(96-98(83,84)85)62(95-72)55-89-6)91-52-50-60(47-42-35-21-16-11-5)93-65(81)48-43-38-33-30-27-24-19-14-9-3/h30,33,57,60-62,66-73,76,82H,7-29,31-32,34-56H2,1-6H3,(H,74,79)(H,75,80)(H2,83,84,85)(H2,86,87,88)/b33-30-/t57-,60-,61-,62-,66-,67-,68-,69-,70-,71-,72-,73-/m1/s1. The molecule has 2 fully saturated rings. The highest BCUT2D eigenvalue weighted by Crippen LogP contribution is 2.44. The predicted octanol–water partition coefficient (Wildman–Crippen LogP) is 14.0. The highest BCUT2D eigenvalue weighted by Gasteiger charge is 2.53. The molecule has 0 saturated carbocycles. The summed E-state index contributed by atoms with van der Waals surface area (Å²) in [6.45, 7) is 9.07. The number of amides is 2. The van der Waals surface area contributed by atoms with Crippen LogP contribution in [0.5, 0.6) is 0 Å². The van der Waals surface area contributed by atoms with Crippen LogP contribution in [0, 0.1) is 0 Å². The van der Waals surface area contributed by atoms with Crippen LogP contribution in [0.4, 0.5) is 0 Å². The maximum atomic E-state index is 14.3. The van der Waals surface area contributed by atoms with Crippen molar-refractivity contribution in [1.29, 1.82) is 0 Å². The zero-order valence-corrected chi connectivity index (χ0v) is 63.4.